The summed E-state index contributed by atoms with van der Waals surface area (Å²) in [6, 6.07) is 13.1. The number of ether oxygens (including phenoxy) is 1. The Balaban J connectivity index is 1.84. The molecule has 2 aromatic heterocycles. The predicted octanol–water partition coefficient (Wildman–Crippen LogP) is 3.71. The number of aliphatic imine (C=N–C) groups is 1. The first-order valence-electron chi connectivity index (χ1n) is 7.31. The Morgan fingerprint density at radius 2 is 2.08 bits per heavy atom. The zero-order valence-electron chi connectivity index (χ0n) is 12.7. The van der Waals surface area contributed by atoms with Gasteiger partial charge >= 0.3 is 5.97 Å². The van der Waals surface area contributed by atoms with Crippen LogP contribution in [0, 0.1) is 0 Å². The molecule has 0 amide bonds. The highest BCUT2D eigenvalue weighted by molar-refractivity contribution is 7.12. The number of benzene rings is 1. The number of carbonyl (C=O) groups is 2. The van der Waals surface area contributed by atoms with Crippen molar-refractivity contribution < 1.29 is 14.3 Å². The second kappa shape index (κ2) is 5.58. The lowest BCUT2D eigenvalue weighted by Gasteiger charge is -2.02. The van der Waals surface area contributed by atoms with Gasteiger partial charge in [0.1, 0.15) is 0 Å². The van der Waals surface area contributed by atoms with E-state index >= 15 is 0 Å². The molecule has 0 saturated carbocycles. The van der Waals surface area contributed by atoms with Crippen molar-refractivity contribution in [2.45, 2.75) is 6.92 Å². The number of rotatable bonds is 2. The average molecular weight is 336 g/mol. The summed E-state index contributed by atoms with van der Waals surface area (Å²) in [5, 5.41) is 2.81. The first-order chi connectivity index (χ1) is 11.6. The van der Waals surface area contributed by atoms with E-state index in [4.69, 9.17) is 4.74 Å². The van der Waals surface area contributed by atoms with Crippen LogP contribution in [0.5, 0.6) is 0 Å². The maximum absolute atomic E-state index is 12.1. The molecule has 5 nitrogen and oxygen atoms in total. The lowest BCUT2D eigenvalue weighted by Crippen LogP contribution is -2.08. The van der Waals surface area contributed by atoms with E-state index < -0.39 is 5.97 Å². The second-order valence-corrected chi connectivity index (χ2v) is 6.24. The van der Waals surface area contributed by atoms with Crippen LogP contribution in [0.2, 0.25) is 0 Å². The van der Waals surface area contributed by atoms with Crippen LogP contribution in [0.3, 0.4) is 0 Å². The van der Waals surface area contributed by atoms with E-state index in [-0.39, 0.29) is 11.6 Å². The van der Waals surface area contributed by atoms with Crippen LogP contribution >= 0.6 is 11.3 Å². The lowest BCUT2D eigenvalue weighted by atomic mass is 10.2. The molecule has 0 bridgehead atoms. The van der Waals surface area contributed by atoms with E-state index in [9.17, 15) is 9.59 Å². The molecule has 3 heterocycles. The summed E-state index contributed by atoms with van der Waals surface area (Å²) in [6.07, 6.45) is 1.59. The van der Waals surface area contributed by atoms with E-state index in [0.29, 0.717) is 11.6 Å². The number of hydrogen-bond donors (Lipinski definition) is 0. The minimum absolute atomic E-state index is 0.128. The molecule has 118 valence electrons. The number of thiophene rings is 1. The Kier molecular flexibility index (Phi) is 3.39. The smallest absolute Gasteiger partial charge is 0.363 e. The Labute approximate surface area is 141 Å². The normalized spacial score (nSPS) is 15.8. The fourth-order valence-electron chi connectivity index (χ4n) is 2.69. The monoisotopic (exact) mass is 336 g/mol. The van der Waals surface area contributed by atoms with Crippen LogP contribution < -0.4 is 0 Å². The molecule has 6 heteroatoms. The van der Waals surface area contributed by atoms with Gasteiger partial charge in [-0.2, -0.15) is 0 Å². The summed E-state index contributed by atoms with van der Waals surface area (Å²) in [4.78, 5) is 29.2. The number of cyclic esters (lactones) is 1. The first-order valence-corrected chi connectivity index (χ1v) is 8.19. The van der Waals surface area contributed by atoms with E-state index in [2.05, 4.69) is 4.99 Å². The van der Waals surface area contributed by atoms with Crippen LogP contribution in [0.15, 0.2) is 58.5 Å². The minimum atomic E-state index is -0.515. The van der Waals surface area contributed by atoms with Gasteiger partial charge in [0.05, 0.1) is 16.1 Å². The fraction of sp³-hybridized carbons (Fsp3) is 0.0556. The van der Waals surface area contributed by atoms with Gasteiger partial charge in [-0.15, -0.1) is 11.3 Å². The van der Waals surface area contributed by atoms with Crippen molar-refractivity contribution in [3.63, 3.8) is 0 Å². The van der Waals surface area contributed by atoms with Gasteiger partial charge in [-0.05, 0) is 29.7 Å². The Morgan fingerprint density at radius 1 is 1.25 bits per heavy atom. The summed E-state index contributed by atoms with van der Waals surface area (Å²) in [5.41, 5.74) is 1.58. The molecule has 0 radical (unpaired) electrons. The molecule has 0 N–H and O–H groups in total. The van der Waals surface area contributed by atoms with Crippen LogP contribution in [-0.2, 0) is 9.53 Å². The molecule has 1 aliphatic heterocycles. The van der Waals surface area contributed by atoms with Crippen LogP contribution in [0.1, 0.15) is 22.3 Å². The zero-order chi connectivity index (χ0) is 16.7. The molecule has 0 atom stereocenters. The number of para-hydroxylation sites is 1. The van der Waals surface area contributed by atoms with Gasteiger partial charge in [0, 0.05) is 12.3 Å². The zero-order valence-corrected chi connectivity index (χ0v) is 13.5. The van der Waals surface area contributed by atoms with Crippen LogP contribution in [0.4, 0.5) is 0 Å². The van der Waals surface area contributed by atoms with Crippen molar-refractivity contribution in [2.75, 3.05) is 0 Å². The molecular formula is C18H12N2O3S. The molecule has 0 fully saturated rings. The Morgan fingerprint density at radius 3 is 2.83 bits per heavy atom. The number of hydrogen-bond acceptors (Lipinski definition) is 5. The number of aromatic nitrogens is 1. The van der Waals surface area contributed by atoms with E-state index in [1.54, 1.807) is 10.6 Å². The standard InChI is InChI=1S/C18H12N2O3S/c1-11(21)20-13(9-12-5-2-3-6-15(12)20)10-14-18(22)23-17(19-14)16-7-4-8-24-16/h2-10H,1H3. The highest BCUT2D eigenvalue weighted by Crippen LogP contribution is 2.25. The van der Waals surface area contributed by atoms with Gasteiger partial charge in [-0.1, -0.05) is 24.3 Å². The van der Waals surface area contributed by atoms with Gasteiger partial charge in [-0.25, -0.2) is 9.79 Å². The fourth-order valence-corrected chi connectivity index (χ4v) is 3.34. The van der Waals surface area contributed by atoms with Gasteiger partial charge < -0.3 is 4.74 Å². The van der Waals surface area contributed by atoms with Crippen molar-refractivity contribution >= 4 is 46.1 Å². The Hall–Kier alpha value is -2.99. The predicted molar refractivity (Wildman–Crippen MR) is 93.2 cm³/mol. The summed E-state index contributed by atoms with van der Waals surface area (Å²) in [7, 11) is 0. The molecule has 0 saturated heterocycles. The maximum atomic E-state index is 12.1. The lowest BCUT2D eigenvalue weighted by molar-refractivity contribution is -0.129. The number of fused-ring (bicyclic) bond motifs is 1. The quantitative estimate of drug-likeness (QED) is 0.529. The molecule has 4 rings (SSSR count). The highest BCUT2D eigenvalue weighted by Gasteiger charge is 2.25. The Bertz CT molecular complexity index is 1030. The van der Waals surface area contributed by atoms with Crippen molar-refractivity contribution in [1.29, 1.82) is 0 Å². The van der Waals surface area contributed by atoms with Crippen molar-refractivity contribution in [1.82, 2.24) is 4.57 Å². The third-order valence-electron chi connectivity index (χ3n) is 3.69. The third-order valence-corrected chi connectivity index (χ3v) is 4.55. The maximum Gasteiger partial charge on any atom is 0.363 e. The minimum Gasteiger partial charge on any atom is -0.401 e. The van der Waals surface area contributed by atoms with Crippen LogP contribution in [0.25, 0.3) is 17.0 Å². The van der Waals surface area contributed by atoms with Crippen LogP contribution in [-0.4, -0.2) is 22.3 Å². The molecule has 1 aromatic carbocycles. The number of carbonyl (C=O) groups excluding carboxylic acids is 2. The van der Waals surface area contributed by atoms with Crippen molar-refractivity contribution in [3.8, 4) is 0 Å². The summed E-state index contributed by atoms with van der Waals surface area (Å²) in [5.74, 6) is -0.345. The first kappa shape index (κ1) is 14.6. The number of esters is 1. The van der Waals surface area contributed by atoms with Crippen molar-refractivity contribution in [2.24, 2.45) is 4.99 Å². The molecule has 0 spiro atoms. The van der Waals surface area contributed by atoms with E-state index in [1.165, 1.54) is 18.3 Å². The largest absolute Gasteiger partial charge is 0.401 e. The third kappa shape index (κ3) is 2.37. The molecule has 0 unspecified atom stereocenters. The van der Waals surface area contributed by atoms with Gasteiger partial charge in [-0.3, -0.25) is 9.36 Å². The molecule has 3 aromatic rings. The average Bonchev–Trinajstić information content (AvgIpc) is 3.26. The topological polar surface area (TPSA) is 60.7 Å². The van der Waals surface area contributed by atoms with Gasteiger partial charge in [0.2, 0.25) is 11.8 Å². The highest BCUT2D eigenvalue weighted by atomic mass is 32.1. The molecule has 0 aliphatic carbocycles. The van der Waals surface area contributed by atoms with E-state index in [0.717, 1.165) is 15.8 Å². The van der Waals surface area contributed by atoms with Crippen molar-refractivity contribution in [3.05, 3.63) is 64.1 Å². The second-order valence-electron chi connectivity index (χ2n) is 5.30. The summed E-state index contributed by atoms with van der Waals surface area (Å²) >= 11 is 1.45. The summed E-state index contributed by atoms with van der Waals surface area (Å²) in [6.45, 7) is 1.49. The van der Waals surface area contributed by atoms with Gasteiger partial charge in [0.15, 0.2) is 5.70 Å². The summed E-state index contributed by atoms with van der Waals surface area (Å²) < 4.78 is 6.79. The molecule has 24 heavy (non-hydrogen) atoms. The molecule has 1 aliphatic rings. The SMILES string of the molecule is CC(=O)n1c(C=C2N=C(c3cccs3)OC2=O)cc2ccccc21. The van der Waals surface area contributed by atoms with Gasteiger partial charge in [0.25, 0.3) is 0 Å². The molecular weight excluding hydrogens is 324 g/mol. The van der Waals surface area contributed by atoms with E-state index in [1.807, 2.05) is 47.8 Å². The number of nitrogens with zero attached hydrogens (tertiary/aromatic N) is 2.